The zero-order valence-electron chi connectivity index (χ0n) is 13.6. The first-order valence-electron chi connectivity index (χ1n) is 7.03. The summed E-state index contributed by atoms with van der Waals surface area (Å²) < 4.78 is 60.4. The summed E-state index contributed by atoms with van der Waals surface area (Å²) in [7, 11) is 4.49. The molecule has 8 heteroatoms. The molecule has 0 atom stereocenters. The van der Waals surface area contributed by atoms with Crippen molar-refractivity contribution in [2.45, 2.75) is 13.5 Å². The molecule has 1 nitrogen and oxygen atoms in total. The van der Waals surface area contributed by atoms with Gasteiger partial charge in [-0.1, -0.05) is 48.0 Å². The average molecular weight is 462 g/mol. The van der Waals surface area contributed by atoms with Gasteiger partial charge in [-0.3, -0.25) is 4.48 Å². The molecule has 0 spiro atoms. The van der Waals surface area contributed by atoms with Gasteiger partial charge in [-0.2, -0.15) is 0 Å². The molecule has 0 aliphatic carbocycles. The van der Waals surface area contributed by atoms with Crippen LogP contribution in [0.5, 0.6) is 0 Å². The summed E-state index contributed by atoms with van der Waals surface area (Å²) >= 11 is -11.2. The molecule has 0 aliphatic heterocycles. The van der Waals surface area contributed by atoms with Crippen molar-refractivity contribution in [2.75, 3.05) is 14.1 Å². The number of halogens is 6. The molecule has 2 aromatic carbocycles. The third-order valence-electron chi connectivity index (χ3n) is 3.15. The molecule has 0 aliphatic rings. The number of aryl methyl sites for hydroxylation is 1. The van der Waals surface area contributed by atoms with Crippen LogP contribution < -0.4 is 4.48 Å². The molecular weight excluding hydrogens is 442 g/mol. The van der Waals surface area contributed by atoms with E-state index in [-0.39, 0.29) is 0 Å². The number of rotatable bonds is 3. The maximum atomic E-state index is 9.93. The molecule has 0 N–H and O–H groups in total. The van der Waals surface area contributed by atoms with Gasteiger partial charge in [0.25, 0.3) is 0 Å². The summed E-state index contributed by atoms with van der Waals surface area (Å²) in [6.07, 6.45) is 0. The van der Waals surface area contributed by atoms with Crippen molar-refractivity contribution in [1.82, 2.24) is 4.48 Å². The summed E-state index contributed by atoms with van der Waals surface area (Å²) in [5.41, 5.74) is 4.04. The summed E-state index contributed by atoms with van der Waals surface area (Å²) in [5.74, 6) is 0. The van der Waals surface area contributed by atoms with Gasteiger partial charge in [0, 0.05) is 5.56 Å². The third-order valence-corrected chi connectivity index (χ3v) is 3.15. The van der Waals surface area contributed by atoms with Gasteiger partial charge in [0.05, 0.1) is 14.1 Å². The molecule has 0 heterocycles. The van der Waals surface area contributed by atoms with Crippen LogP contribution in [0.25, 0.3) is 0 Å². The summed E-state index contributed by atoms with van der Waals surface area (Å²) in [6, 6.07) is 19.4. The van der Waals surface area contributed by atoms with E-state index in [1.807, 2.05) is 0 Å². The number of nitrogens with zero attached hydrogens (tertiary/aromatic N) is 1. The van der Waals surface area contributed by atoms with E-state index in [0.717, 1.165) is 11.0 Å². The molecule has 0 saturated heterocycles. The molecule has 0 amide bonds. The minimum atomic E-state index is -11.2. The maximum absolute atomic E-state index is 11.2. The van der Waals surface area contributed by atoms with Crippen molar-refractivity contribution < 1.29 is 16.9 Å². The van der Waals surface area contributed by atoms with Gasteiger partial charge in [0.1, 0.15) is 12.2 Å². The van der Waals surface area contributed by atoms with Crippen LogP contribution >= 0.6 is 0 Å². The SMILES string of the molecule is Cc1ccc(C[N+](C)(C)c2ccccc2)cc1.[F][Sb-]([F])([F])([F])([F])[F]. The van der Waals surface area contributed by atoms with Crippen molar-refractivity contribution in [3.8, 4) is 0 Å². The normalized spacial score (nSPS) is 14.9. The van der Waals surface area contributed by atoms with Crippen LogP contribution in [0.2, 0.25) is 0 Å². The number of quaternary nitrogens is 1. The molecule has 0 saturated carbocycles. The Balaban J connectivity index is 0.000000351. The van der Waals surface area contributed by atoms with E-state index >= 15 is 0 Å². The third kappa shape index (κ3) is 10.5. The van der Waals surface area contributed by atoms with Gasteiger partial charge < -0.3 is 0 Å². The first-order valence-corrected chi connectivity index (χ1v) is 12.8. The predicted molar refractivity (Wildman–Crippen MR) is 87.4 cm³/mol. The number of hydrogen-bond donors (Lipinski definition) is 0. The van der Waals surface area contributed by atoms with E-state index in [2.05, 4.69) is 75.6 Å². The van der Waals surface area contributed by atoms with Gasteiger partial charge in [-0.25, -0.2) is 0 Å². The number of benzene rings is 2. The van der Waals surface area contributed by atoms with E-state index in [1.54, 1.807) is 0 Å². The Morgan fingerprint density at radius 3 is 1.58 bits per heavy atom. The Kier molecular flexibility index (Phi) is 5.44. The van der Waals surface area contributed by atoms with Crippen LogP contribution in [-0.4, -0.2) is 33.6 Å². The quantitative estimate of drug-likeness (QED) is 0.303. The zero-order valence-corrected chi connectivity index (χ0v) is 16.1. The minimum absolute atomic E-state index is 0.879. The molecule has 2 aromatic rings. The van der Waals surface area contributed by atoms with Crippen LogP contribution in [0, 0.1) is 6.92 Å². The second-order valence-corrected chi connectivity index (χ2v) is 11.6. The fraction of sp³-hybridized carbons (Fsp3) is 0.250. The first kappa shape index (κ1) is 20.8. The zero-order chi connectivity index (χ0) is 18.7. The van der Waals surface area contributed by atoms with Crippen molar-refractivity contribution in [1.29, 1.82) is 0 Å². The Morgan fingerprint density at radius 2 is 1.17 bits per heavy atom. The standard InChI is InChI=1S/C16H20N.6FH.Sb/c1-14-9-11-15(12-10-14)13-17(2,3)16-7-5-4-6-8-16;;;;;;;/h4-12H,13H2,1-3H3;6*1H;/q+1;;;;;;;+5/p-6. The molecule has 0 unspecified atom stereocenters. The van der Waals surface area contributed by atoms with Gasteiger partial charge in [0.2, 0.25) is 0 Å². The fourth-order valence-electron chi connectivity index (χ4n) is 2.07. The van der Waals surface area contributed by atoms with Crippen LogP contribution in [0.1, 0.15) is 11.1 Å². The second-order valence-electron chi connectivity index (χ2n) is 6.12. The molecular formula is C16H20F6NSb. The monoisotopic (exact) mass is 461 g/mol. The van der Waals surface area contributed by atoms with Crippen LogP contribution in [0.15, 0.2) is 54.6 Å². The molecule has 0 bridgehead atoms. The number of hydrogen-bond acceptors (Lipinski definition) is 0. The Hall–Kier alpha value is -1.20. The summed E-state index contributed by atoms with van der Waals surface area (Å²) in [5, 5.41) is 0. The fourth-order valence-corrected chi connectivity index (χ4v) is 2.07. The van der Waals surface area contributed by atoms with Crippen molar-refractivity contribution in [2.24, 2.45) is 0 Å². The van der Waals surface area contributed by atoms with Crippen molar-refractivity contribution in [3.63, 3.8) is 0 Å². The van der Waals surface area contributed by atoms with Crippen molar-refractivity contribution >= 4 is 25.2 Å². The summed E-state index contributed by atoms with van der Waals surface area (Å²) in [6.45, 7) is 3.14. The molecule has 136 valence electrons. The second kappa shape index (κ2) is 6.26. The van der Waals surface area contributed by atoms with Gasteiger partial charge in [-0.15, -0.1) is 0 Å². The van der Waals surface area contributed by atoms with E-state index in [4.69, 9.17) is 0 Å². The van der Waals surface area contributed by atoms with E-state index in [1.165, 1.54) is 16.8 Å². The Labute approximate surface area is 140 Å². The molecule has 24 heavy (non-hydrogen) atoms. The predicted octanol–water partition coefficient (Wildman–Crippen LogP) is 5.90. The topological polar surface area (TPSA) is 0 Å². The van der Waals surface area contributed by atoms with E-state index in [9.17, 15) is 16.9 Å². The van der Waals surface area contributed by atoms with Crippen LogP contribution in [-0.2, 0) is 6.54 Å². The molecule has 0 aromatic heterocycles. The van der Waals surface area contributed by atoms with E-state index < -0.39 is 19.5 Å². The van der Waals surface area contributed by atoms with Crippen LogP contribution in [0.4, 0.5) is 22.6 Å². The molecule has 0 fully saturated rings. The molecule has 2 rings (SSSR count). The Bertz CT molecular complexity index is 652. The van der Waals surface area contributed by atoms with Crippen molar-refractivity contribution in [3.05, 3.63) is 65.7 Å². The average Bonchev–Trinajstić information content (AvgIpc) is 2.39. The Morgan fingerprint density at radius 1 is 0.750 bits per heavy atom. The van der Waals surface area contributed by atoms with Gasteiger partial charge in [-0.05, 0) is 19.1 Å². The van der Waals surface area contributed by atoms with Gasteiger partial charge in [0.15, 0.2) is 0 Å². The summed E-state index contributed by atoms with van der Waals surface area (Å²) in [4.78, 5) is 0. The first-order chi connectivity index (χ1) is 10.5. The molecule has 0 radical (unpaired) electrons. The van der Waals surface area contributed by atoms with Gasteiger partial charge >= 0.3 is 36.4 Å². The van der Waals surface area contributed by atoms with Crippen LogP contribution in [0.3, 0.4) is 0 Å². The number of para-hydroxylation sites is 1. The van der Waals surface area contributed by atoms with E-state index in [0.29, 0.717) is 0 Å².